The van der Waals surface area contributed by atoms with Crippen molar-refractivity contribution in [2.45, 2.75) is 0 Å². The van der Waals surface area contributed by atoms with Crippen LogP contribution in [-0.4, -0.2) is 25.4 Å². The fourth-order valence-corrected chi connectivity index (χ4v) is 1.93. The Hall–Kier alpha value is -2.73. The quantitative estimate of drug-likeness (QED) is 0.806. The normalized spacial score (nSPS) is 10.3. The molecule has 0 radical (unpaired) electrons. The zero-order valence-corrected chi connectivity index (χ0v) is 11.5. The summed E-state index contributed by atoms with van der Waals surface area (Å²) in [6, 6.07) is 8.45. The van der Waals surface area contributed by atoms with Gasteiger partial charge in [0.15, 0.2) is 0 Å². The highest BCUT2D eigenvalue weighted by Crippen LogP contribution is 2.15. The lowest BCUT2D eigenvalue weighted by Crippen LogP contribution is -2.15. The molecule has 0 spiro atoms. The van der Waals surface area contributed by atoms with Gasteiger partial charge in [0.25, 0.3) is 5.91 Å². The molecule has 104 valence electrons. The second kappa shape index (κ2) is 5.72. The van der Waals surface area contributed by atoms with Crippen LogP contribution in [0.2, 0.25) is 5.02 Å². The lowest BCUT2D eigenvalue weighted by atomic mass is 10.3. The van der Waals surface area contributed by atoms with Gasteiger partial charge in [0.1, 0.15) is 12.0 Å². The maximum absolute atomic E-state index is 12.2. The average Bonchev–Trinajstić information content (AvgIpc) is 3.02. The molecule has 7 heteroatoms. The zero-order valence-electron chi connectivity index (χ0n) is 10.8. The van der Waals surface area contributed by atoms with E-state index in [-0.39, 0.29) is 11.6 Å². The minimum absolute atomic E-state index is 0.258. The summed E-state index contributed by atoms with van der Waals surface area (Å²) in [5.74, 6) is 0.0484. The van der Waals surface area contributed by atoms with Crippen LogP contribution in [0.5, 0.6) is 0 Å². The van der Waals surface area contributed by atoms with E-state index in [0.717, 1.165) is 0 Å². The number of hydrogen-bond acceptors (Lipinski definition) is 4. The number of amides is 1. The summed E-state index contributed by atoms with van der Waals surface area (Å²) >= 11 is 5.88. The number of hydrogen-bond donors (Lipinski definition) is 1. The second-order valence-electron chi connectivity index (χ2n) is 4.18. The molecule has 1 amide bonds. The molecule has 1 N–H and O–H groups in total. The van der Waals surface area contributed by atoms with E-state index in [1.165, 1.54) is 6.20 Å². The Labute approximate surface area is 125 Å². The predicted molar refractivity (Wildman–Crippen MR) is 78.6 cm³/mol. The first-order valence-corrected chi connectivity index (χ1v) is 6.48. The number of benzene rings is 1. The van der Waals surface area contributed by atoms with E-state index in [1.807, 2.05) is 0 Å². The lowest BCUT2D eigenvalue weighted by Gasteiger charge is -2.06. The van der Waals surface area contributed by atoms with Crippen LogP contribution in [0.3, 0.4) is 0 Å². The van der Waals surface area contributed by atoms with Crippen LogP contribution >= 0.6 is 11.6 Å². The Balaban J connectivity index is 1.83. The molecule has 0 fully saturated rings. The third-order valence-electron chi connectivity index (χ3n) is 2.69. The van der Waals surface area contributed by atoms with E-state index in [9.17, 15) is 4.79 Å². The van der Waals surface area contributed by atoms with Crippen molar-refractivity contribution in [3.8, 4) is 5.95 Å². The number of nitrogens with zero attached hydrogens (tertiary/aromatic N) is 4. The minimum Gasteiger partial charge on any atom is -0.321 e. The van der Waals surface area contributed by atoms with Crippen molar-refractivity contribution >= 4 is 23.2 Å². The van der Waals surface area contributed by atoms with E-state index in [2.05, 4.69) is 20.3 Å². The van der Waals surface area contributed by atoms with Crippen LogP contribution in [0.25, 0.3) is 5.95 Å². The first kappa shape index (κ1) is 13.3. The van der Waals surface area contributed by atoms with Crippen LogP contribution in [0.1, 0.15) is 10.5 Å². The Morgan fingerprint density at radius 3 is 2.90 bits per heavy atom. The molecule has 0 saturated heterocycles. The van der Waals surface area contributed by atoms with Gasteiger partial charge in [0, 0.05) is 29.3 Å². The van der Waals surface area contributed by atoms with E-state index in [0.29, 0.717) is 16.7 Å². The molecule has 21 heavy (non-hydrogen) atoms. The number of rotatable bonds is 3. The van der Waals surface area contributed by atoms with Gasteiger partial charge in [-0.15, -0.1) is 0 Å². The van der Waals surface area contributed by atoms with Crippen LogP contribution in [-0.2, 0) is 0 Å². The Morgan fingerprint density at radius 1 is 1.24 bits per heavy atom. The maximum Gasteiger partial charge on any atom is 0.274 e. The van der Waals surface area contributed by atoms with Gasteiger partial charge in [-0.25, -0.2) is 15.0 Å². The average molecular weight is 300 g/mol. The summed E-state index contributed by atoms with van der Waals surface area (Å²) in [7, 11) is 0. The van der Waals surface area contributed by atoms with Gasteiger partial charge in [-0.3, -0.25) is 9.36 Å². The molecule has 0 saturated carbocycles. The molecule has 3 rings (SSSR count). The summed E-state index contributed by atoms with van der Waals surface area (Å²) in [5.41, 5.74) is 0.865. The monoisotopic (exact) mass is 299 g/mol. The summed E-state index contributed by atoms with van der Waals surface area (Å²) in [5, 5.41) is 3.28. The number of carbonyl (C=O) groups is 1. The molecule has 0 unspecified atom stereocenters. The van der Waals surface area contributed by atoms with Crippen LogP contribution in [0.4, 0.5) is 5.69 Å². The summed E-state index contributed by atoms with van der Waals surface area (Å²) in [4.78, 5) is 24.4. The number of anilines is 1. The highest BCUT2D eigenvalue weighted by atomic mass is 35.5. The number of nitrogens with one attached hydrogen (secondary N) is 1. The standard InChI is InChI=1S/C14H10ClN5O/c15-10-2-1-3-11(8-10)18-13(21)12-4-5-17-14(19-12)20-7-6-16-9-20/h1-9H,(H,18,21). The van der Waals surface area contributed by atoms with Gasteiger partial charge in [-0.05, 0) is 24.3 Å². The fraction of sp³-hybridized carbons (Fsp3) is 0. The highest BCUT2D eigenvalue weighted by molar-refractivity contribution is 6.30. The third kappa shape index (κ3) is 3.06. The second-order valence-corrected chi connectivity index (χ2v) is 4.61. The van der Waals surface area contributed by atoms with Crippen molar-refractivity contribution in [2.75, 3.05) is 5.32 Å². The summed E-state index contributed by atoms with van der Waals surface area (Å²) in [6.45, 7) is 0. The molecule has 0 bridgehead atoms. The van der Waals surface area contributed by atoms with E-state index in [1.54, 1.807) is 53.6 Å². The maximum atomic E-state index is 12.2. The molecular weight excluding hydrogens is 290 g/mol. The van der Waals surface area contributed by atoms with Crippen LogP contribution in [0, 0.1) is 0 Å². The molecule has 2 aromatic heterocycles. The summed E-state index contributed by atoms with van der Waals surface area (Å²) < 4.78 is 1.62. The van der Waals surface area contributed by atoms with Crippen LogP contribution < -0.4 is 5.32 Å². The van der Waals surface area contributed by atoms with Crippen molar-refractivity contribution in [1.29, 1.82) is 0 Å². The Morgan fingerprint density at radius 2 is 2.14 bits per heavy atom. The van der Waals surface area contributed by atoms with Gasteiger partial charge >= 0.3 is 0 Å². The fourth-order valence-electron chi connectivity index (χ4n) is 1.74. The molecule has 3 aromatic rings. The molecule has 0 atom stereocenters. The third-order valence-corrected chi connectivity index (χ3v) is 2.93. The topological polar surface area (TPSA) is 72.7 Å². The lowest BCUT2D eigenvalue weighted by molar-refractivity contribution is 0.102. The molecular formula is C14H10ClN5O. The van der Waals surface area contributed by atoms with Crippen molar-refractivity contribution < 1.29 is 4.79 Å². The molecule has 1 aromatic carbocycles. The van der Waals surface area contributed by atoms with Crippen molar-refractivity contribution in [2.24, 2.45) is 0 Å². The van der Waals surface area contributed by atoms with Gasteiger partial charge in [-0.2, -0.15) is 0 Å². The summed E-state index contributed by atoms with van der Waals surface area (Å²) in [6.07, 6.45) is 6.40. The highest BCUT2D eigenvalue weighted by Gasteiger charge is 2.10. The molecule has 6 nitrogen and oxygen atoms in total. The first-order chi connectivity index (χ1) is 10.2. The number of carbonyl (C=O) groups excluding carboxylic acids is 1. The van der Waals surface area contributed by atoms with Crippen molar-refractivity contribution in [1.82, 2.24) is 19.5 Å². The Kier molecular flexibility index (Phi) is 3.61. The number of imidazole rings is 1. The predicted octanol–water partition coefficient (Wildman–Crippen LogP) is 2.57. The van der Waals surface area contributed by atoms with Crippen LogP contribution in [0.15, 0.2) is 55.2 Å². The van der Waals surface area contributed by atoms with E-state index >= 15 is 0 Å². The van der Waals surface area contributed by atoms with Gasteiger partial charge in [0.05, 0.1) is 0 Å². The van der Waals surface area contributed by atoms with E-state index in [4.69, 9.17) is 11.6 Å². The number of aromatic nitrogens is 4. The van der Waals surface area contributed by atoms with Gasteiger partial charge < -0.3 is 5.32 Å². The zero-order chi connectivity index (χ0) is 14.7. The van der Waals surface area contributed by atoms with Gasteiger partial charge in [-0.1, -0.05) is 17.7 Å². The van der Waals surface area contributed by atoms with Gasteiger partial charge in [0.2, 0.25) is 5.95 Å². The van der Waals surface area contributed by atoms with Crippen molar-refractivity contribution in [3.05, 3.63) is 66.0 Å². The smallest absolute Gasteiger partial charge is 0.274 e. The largest absolute Gasteiger partial charge is 0.321 e. The SMILES string of the molecule is O=C(Nc1cccc(Cl)c1)c1ccnc(-n2ccnc2)n1. The number of halogens is 1. The molecule has 0 aliphatic carbocycles. The van der Waals surface area contributed by atoms with Crippen molar-refractivity contribution in [3.63, 3.8) is 0 Å². The minimum atomic E-state index is -0.332. The molecule has 0 aliphatic rings. The molecule has 2 heterocycles. The molecule has 0 aliphatic heterocycles. The Bertz CT molecular complexity index is 773. The first-order valence-electron chi connectivity index (χ1n) is 6.11. The van der Waals surface area contributed by atoms with E-state index < -0.39 is 0 Å².